The molecule has 1 aromatic carbocycles. The number of aryl methyl sites for hydroxylation is 1. The van der Waals surface area contributed by atoms with Crippen LogP contribution in [0.2, 0.25) is 0 Å². The number of nitrogens with zero attached hydrogens (tertiary/aromatic N) is 3. The summed E-state index contributed by atoms with van der Waals surface area (Å²) in [6.45, 7) is 2.44. The van der Waals surface area contributed by atoms with Gasteiger partial charge in [-0.05, 0) is 19.1 Å². The highest BCUT2D eigenvalue weighted by atomic mass is 32.2. The fourth-order valence-electron chi connectivity index (χ4n) is 2.88. The summed E-state index contributed by atoms with van der Waals surface area (Å²) in [5.74, 6) is -0.479. The number of esters is 1. The summed E-state index contributed by atoms with van der Waals surface area (Å²) < 4.78 is 33.5. The van der Waals surface area contributed by atoms with E-state index in [0.717, 1.165) is 5.69 Å². The molecular weight excluding hydrogens is 330 g/mol. The van der Waals surface area contributed by atoms with Crippen LogP contribution in [0.1, 0.15) is 28.7 Å². The number of hydrogen-bond donors (Lipinski definition) is 0. The van der Waals surface area contributed by atoms with Gasteiger partial charge in [0.2, 0.25) is 10.0 Å². The van der Waals surface area contributed by atoms with Crippen molar-refractivity contribution in [3.8, 4) is 0 Å². The van der Waals surface area contributed by atoms with Gasteiger partial charge in [-0.25, -0.2) is 13.2 Å². The van der Waals surface area contributed by atoms with Gasteiger partial charge in [0.15, 0.2) is 5.69 Å². The molecule has 0 saturated carbocycles. The van der Waals surface area contributed by atoms with Gasteiger partial charge >= 0.3 is 5.97 Å². The average molecular weight is 349 g/mol. The third kappa shape index (κ3) is 2.83. The van der Waals surface area contributed by atoms with Crippen molar-refractivity contribution in [2.45, 2.75) is 24.8 Å². The molecule has 0 aliphatic carbocycles. The first kappa shape index (κ1) is 16.7. The molecule has 2 aromatic rings. The van der Waals surface area contributed by atoms with Crippen LogP contribution in [-0.4, -0.2) is 41.6 Å². The number of carbonyl (C=O) groups excluding carboxylic acids is 1. The third-order valence-corrected chi connectivity index (χ3v) is 5.87. The van der Waals surface area contributed by atoms with E-state index in [2.05, 4.69) is 5.10 Å². The van der Waals surface area contributed by atoms with Gasteiger partial charge in [-0.15, -0.1) is 0 Å². The second kappa shape index (κ2) is 6.37. The highest BCUT2D eigenvalue weighted by Crippen LogP contribution is 2.27. The van der Waals surface area contributed by atoms with Crippen LogP contribution in [0.25, 0.3) is 0 Å². The van der Waals surface area contributed by atoms with E-state index in [1.165, 1.54) is 8.99 Å². The summed E-state index contributed by atoms with van der Waals surface area (Å²) in [6.07, 6.45) is 0.467. The zero-order chi connectivity index (χ0) is 17.3. The Balaban J connectivity index is 1.96. The van der Waals surface area contributed by atoms with Crippen molar-refractivity contribution < 1.29 is 17.9 Å². The van der Waals surface area contributed by atoms with E-state index in [9.17, 15) is 13.2 Å². The first-order valence-electron chi connectivity index (χ1n) is 7.72. The molecular formula is C16H19N3O4S. The molecule has 0 radical (unpaired) electrons. The second-order valence-electron chi connectivity index (χ2n) is 5.52. The first-order chi connectivity index (χ1) is 11.4. The summed E-state index contributed by atoms with van der Waals surface area (Å²) in [6, 6.07) is 8.29. The minimum atomic E-state index is -3.61. The zero-order valence-electron chi connectivity index (χ0n) is 13.6. The molecule has 24 heavy (non-hydrogen) atoms. The summed E-state index contributed by atoms with van der Waals surface area (Å²) in [4.78, 5) is 12.4. The standard InChI is InChI=1S/C16H19N3O4S/c1-3-23-16(20)15-13-11-19(10-9-14(13)17-18(15)2)24(21,22)12-7-5-4-6-8-12/h4-8H,3,9-11H2,1-2H3. The van der Waals surface area contributed by atoms with Gasteiger partial charge in [-0.3, -0.25) is 4.68 Å². The number of rotatable bonds is 4. The number of hydrogen-bond acceptors (Lipinski definition) is 5. The van der Waals surface area contributed by atoms with Crippen molar-refractivity contribution in [3.05, 3.63) is 47.3 Å². The quantitative estimate of drug-likeness (QED) is 0.778. The molecule has 128 valence electrons. The molecule has 3 rings (SSSR count). The molecule has 0 saturated heterocycles. The van der Waals surface area contributed by atoms with Gasteiger partial charge in [0.25, 0.3) is 0 Å². The topological polar surface area (TPSA) is 81.5 Å². The van der Waals surface area contributed by atoms with Crippen molar-refractivity contribution >= 4 is 16.0 Å². The Hall–Kier alpha value is -2.19. The Bertz CT molecular complexity index is 859. The Labute approximate surface area is 140 Å². The van der Waals surface area contributed by atoms with Crippen molar-refractivity contribution in [2.24, 2.45) is 7.05 Å². The van der Waals surface area contributed by atoms with Crippen molar-refractivity contribution in [1.82, 2.24) is 14.1 Å². The van der Waals surface area contributed by atoms with Crippen molar-refractivity contribution in [2.75, 3.05) is 13.2 Å². The molecule has 1 aliphatic rings. The SMILES string of the molecule is CCOC(=O)c1c2c(nn1C)CCN(S(=O)(=O)c1ccccc1)C2. The molecule has 0 bridgehead atoms. The van der Waals surface area contributed by atoms with E-state index in [0.29, 0.717) is 24.2 Å². The molecule has 0 atom stereocenters. The lowest BCUT2D eigenvalue weighted by Crippen LogP contribution is -2.36. The van der Waals surface area contributed by atoms with Crippen LogP contribution < -0.4 is 0 Å². The van der Waals surface area contributed by atoms with E-state index in [1.807, 2.05) is 0 Å². The molecule has 1 aromatic heterocycles. The predicted molar refractivity (Wildman–Crippen MR) is 86.9 cm³/mol. The van der Waals surface area contributed by atoms with E-state index in [1.54, 1.807) is 44.3 Å². The predicted octanol–water partition coefficient (Wildman–Crippen LogP) is 1.34. The summed E-state index contributed by atoms with van der Waals surface area (Å²) in [5.41, 5.74) is 1.70. The van der Waals surface area contributed by atoms with E-state index in [-0.39, 0.29) is 18.0 Å². The van der Waals surface area contributed by atoms with Crippen LogP contribution in [0.15, 0.2) is 35.2 Å². The lowest BCUT2D eigenvalue weighted by molar-refractivity contribution is 0.0511. The molecule has 8 heteroatoms. The minimum absolute atomic E-state index is 0.120. The zero-order valence-corrected chi connectivity index (χ0v) is 14.4. The fraction of sp³-hybridized carbons (Fsp3) is 0.375. The number of carbonyl (C=O) groups is 1. The highest BCUT2D eigenvalue weighted by molar-refractivity contribution is 7.89. The van der Waals surface area contributed by atoms with E-state index >= 15 is 0 Å². The number of ether oxygens (including phenoxy) is 1. The van der Waals surface area contributed by atoms with Crippen LogP contribution in [0.4, 0.5) is 0 Å². The molecule has 7 nitrogen and oxygen atoms in total. The van der Waals surface area contributed by atoms with Crippen LogP contribution in [0.5, 0.6) is 0 Å². The average Bonchev–Trinajstić information content (AvgIpc) is 2.90. The van der Waals surface area contributed by atoms with Gasteiger partial charge in [0.1, 0.15) is 0 Å². The minimum Gasteiger partial charge on any atom is -0.461 e. The lowest BCUT2D eigenvalue weighted by Gasteiger charge is -2.26. The number of aromatic nitrogens is 2. The largest absolute Gasteiger partial charge is 0.461 e. The van der Waals surface area contributed by atoms with Gasteiger partial charge in [0, 0.05) is 32.1 Å². The summed E-state index contributed by atoms with van der Waals surface area (Å²) in [5, 5.41) is 4.34. The molecule has 0 fully saturated rings. The maximum Gasteiger partial charge on any atom is 0.356 e. The van der Waals surface area contributed by atoms with Crippen LogP contribution in [-0.2, 0) is 34.8 Å². The lowest BCUT2D eigenvalue weighted by atomic mass is 10.1. The van der Waals surface area contributed by atoms with Crippen molar-refractivity contribution in [1.29, 1.82) is 0 Å². The Kier molecular flexibility index (Phi) is 4.42. The number of fused-ring (bicyclic) bond motifs is 1. The maximum absolute atomic E-state index is 12.8. The fourth-order valence-corrected chi connectivity index (χ4v) is 4.31. The maximum atomic E-state index is 12.8. The Morgan fingerprint density at radius 3 is 2.67 bits per heavy atom. The first-order valence-corrected chi connectivity index (χ1v) is 9.16. The Morgan fingerprint density at radius 2 is 2.00 bits per heavy atom. The number of benzene rings is 1. The van der Waals surface area contributed by atoms with Crippen molar-refractivity contribution in [3.63, 3.8) is 0 Å². The van der Waals surface area contributed by atoms with Gasteiger partial charge in [-0.1, -0.05) is 18.2 Å². The summed E-state index contributed by atoms with van der Waals surface area (Å²) in [7, 11) is -1.94. The number of sulfonamides is 1. The smallest absolute Gasteiger partial charge is 0.356 e. The molecule has 0 spiro atoms. The second-order valence-corrected chi connectivity index (χ2v) is 7.46. The summed E-state index contributed by atoms with van der Waals surface area (Å²) >= 11 is 0. The molecule has 1 aliphatic heterocycles. The van der Waals surface area contributed by atoms with Crippen LogP contribution in [0, 0.1) is 0 Å². The van der Waals surface area contributed by atoms with Crippen LogP contribution in [0.3, 0.4) is 0 Å². The van der Waals surface area contributed by atoms with Gasteiger partial charge in [-0.2, -0.15) is 9.40 Å². The molecule has 0 unspecified atom stereocenters. The van der Waals surface area contributed by atoms with E-state index in [4.69, 9.17) is 4.74 Å². The molecule has 0 amide bonds. The van der Waals surface area contributed by atoms with Gasteiger partial charge < -0.3 is 4.74 Å². The third-order valence-electron chi connectivity index (χ3n) is 4.01. The van der Waals surface area contributed by atoms with Crippen LogP contribution >= 0.6 is 0 Å². The highest BCUT2D eigenvalue weighted by Gasteiger charge is 2.33. The normalized spacial score (nSPS) is 15.1. The monoisotopic (exact) mass is 349 g/mol. The molecule has 2 heterocycles. The Morgan fingerprint density at radius 1 is 1.29 bits per heavy atom. The molecule has 0 N–H and O–H groups in total. The van der Waals surface area contributed by atoms with Gasteiger partial charge in [0.05, 0.1) is 17.2 Å². The van der Waals surface area contributed by atoms with E-state index < -0.39 is 16.0 Å².